The minimum atomic E-state index is -0.463. The van der Waals surface area contributed by atoms with Gasteiger partial charge in [0.2, 0.25) is 0 Å². The zero-order chi connectivity index (χ0) is 16.7. The lowest BCUT2D eigenvalue weighted by atomic mass is 10.1. The van der Waals surface area contributed by atoms with Gasteiger partial charge in [-0.3, -0.25) is 0 Å². The lowest BCUT2D eigenvalue weighted by molar-refractivity contribution is -0.138. The van der Waals surface area contributed by atoms with Crippen molar-refractivity contribution in [2.75, 3.05) is 14.2 Å². The van der Waals surface area contributed by atoms with Crippen LogP contribution in [0, 0.1) is 0 Å². The molecule has 0 unspecified atom stereocenters. The number of rotatable bonds is 6. The molecule has 23 heavy (non-hydrogen) atoms. The maximum Gasteiger partial charge on any atom is 0.331 e. The standard InChI is InChI=1S/C18H17ClO4/c1-21-16-9-5-7-13(18(16)22-2)10-11-17(20)23-12-14-6-3-4-8-15(14)19/h3-11H,12H2,1-2H3/b11-10+. The fourth-order valence-corrected chi connectivity index (χ4v) is 2.20. The van der Waals surface area contributed by atoms with Gasteiger partial charge in [-0.1, -0.05) is 41.9 Å². The van der Waals surface area contributed by atoms with Crippen LogP contribution in [-0.2, 0) is 16.1 Å². The molecular weight excluding hydrogens is 316 g/mol. The fraction of sp³-hybridized carbons (Fsp3) is 0.167. The number of ether oxygens (including phenoxy) is 3. The van der Waals surface area contributed by atoms with Gasteiger partial charge in [0, 0.05) is 22.2 Å². The maximum absolute atomic E-state index is 11.8. The summed E-state index contributed by atoms with van der Waals surface area (Å²) < 4.78 is 15.7. The largest absolute Gasteiger partial charge is 0.493 e. The molecule has 0 bridgehead atoms. The van der Waals surface area contributed by atoms with Gasteiger partial charge in [-0.25, -0.2) is 4.79 Å². The minimum absolute atomic E-state index is 0.123. The number of halogens is 1. The molecule has 0 amide bonds. The molecular formula is C18H17ClO4. The Bertz CT molecular complexity index is 710. The van der Waals surface area contributed by atoms with Gasteiger partial charge in [0.1, 0.15) is 6.61 Å². The second-order valence-corrected chi connectivity index (χ2v) is 5.02. The van der Waals surface area contributed by atoms with E-state index in [4.69, 9.17) is 25.8 Å². The van der Waals surface area contributed by atoms with E-state index in [0.717, 1.165) is 11.1 Å². The van der Waals surface area contributed by atoms with Crippen LogP contribution in [0.1, 0.15) is 11.1 Å². The third kappa shape index (κ3) is 4.50. The first-order chi connectivity index (χ1) is 11.2. The van der Waals surface area contributed by atoms with Gasteiger partial charge in [0.25, 0.3) is 0 Å². The lowest BCUT2D eigenvalue weighted by Gasteiger charge is -2.09. The Morgan fingerprint density at radius 3 is 2.57 bits per heavy atom. The van der Waals surface area contributed by atoms with Crippen LogP contribution in [0.4, 0.5) is 0 Å². The Kier molecular flexibility index (Phi) is 6.06. The Balaban J connectivity index is 2.03. The van der Waals surface area contributed by atoms with E-state index < -0.39 is 5.97 Å². The fourth-order valence-electron chi connectivity index (χ4n) is 2.01. The number of benzene rings is 2. The highest BCUT2D eigenvalue weighted by atomic mass is 35.5. The number of hydrogen-bond donors (Lipinski definition) is 0. The zero-order valence-corrected chi connectivity index (χ0v) is 13.7. The van der Waals surface area contributed by atoms with Crippen molar-refractivity contribution in [1.29, 1.82) is 0 Å². The van der Waals surface area contributed by atoms with Crippen LogP contribution < -0.4 is 9.47 Å². The normalized spacial score (nSPS) is 10.6. The molecule has 0 aliphatic carbocycles. The summed E-state index contributed by atoms with van der Waals surface area (Å²) in [4.78, 5) is 11.8. The third-order valence-electron chi connectivity index (χ3n) is 3.16. The molecule has 0 aromatic heterocycles. The van der Waals surface area contributed by atoms with Gasteiger partial charge >= 0.3 is 5.97 Å². The Morgan fingerprint density at radius 1 is 1.09 bits per heavy atom. The molecule has 0 fully saturated rings. The molecule has 0 radical (unpaired) electrons. The van der Waals surface area contributed by atoms with Gasteiger partial charge in [-0.2, -0.15) is 0 Å². The number of esters is 1. The number of carbonyl (C=O) groups is 1. The van der Waals surface area contributed by atoms with E-state index in [2.05, 4.69) is 0 Å². The van der Waals surface area contributed by atoms with E-state index in [1.165, 1.54) is 6.08 Å². The summed E-state index contributed by atoms with van der Waals surface area (Å²) >= 11 is 6.01. The smallest absolute Gasteiger partial charge is 0.331 e. The van der Waals surface area contributed by atoms with Crippen molar-refractivity contribution in [2.24, 2.45) is 0 Å². The van der Waals surface area contributed by atoms with Crippen LogP contribution in [0.5, 0.6) is 11.5 Å². The van der Waals surface area contributed by atoms with Crippen LogP contribution in [-0.4, -0.2) is 20.2 Å². The average molecular weight is 333 g/mol. The first-order valence-electron chi connectivity index (χ1n) is 6.95. The maximum atomic E-state index is 11.8. The van der Waals surface area contributed by atoms with E-state index in [-0.39, 0.29) is 6.61 Å². The highest BCUT2D eigenvalue weighted by Crippen LogP contribution is 2.31. The van der Waals surface area contributed by atoms with Crippen molar-refractivity contribution in [3.63, 3.8) is 0 Å². The molecule has 4 nitrogen and oxygen atoms in total. The Hall–Kier alpha value is -2.46. The van der Waals surface area contributed by atoms with Crippen LogP contribution in [0.15, 0.2) is 48.5 Å². The molecule has 0 atom stereocenters. The quantitative estimate of drug-likeness (QED) is 0.590. The second kappa shape index (κ2) is 8.25. The molecule has 0 N–H and O–H groups in total. The van der Waals surface area contributed by atoms with Crippen molar-refractivity contribution in [1.82, 2.24) is 0 Å². The summed E-state index contributed by atoms with van der Waals surface area (Å²) in [5.74, 6) is 0.694. The summed E-state index contributed by atoms with van der Waals surface area (Å²) in [6, 6.07) is 12.6. The van der Waals surface area contributed by atoms with Gasteiger partial charge in [0.05, 0.1) is 14.2 Å². The molecule has 0 heterocycles. The molecule has 5 heteroatoms. The average Bonchev–Trinajstić information content (AvgIpc) is 2.58. The third-order valence-corrected chi connectivity index (χ3v) is 3.53. The van der Waals surface area contributed by atoms with Gasteiger partial charge in [0.15, 0.2) is 11.5 Å². The topological polar surface area (TPSA) is 44.8 Å². The van der Waals surface area contributed by atoms with Gasteiger partial charge in [-0.05, 0) is 18.2 Å². The molecule has 120 valence electrons. The van der Waals surface area contributed by atoms with Gasteiger partial charge < -0.3 is 14.2 Å². The highest BCUT2D eigenvalue weighted by Gasteiger charge is 2.08. The number of carbonyl (C=O) groups excluding carboxylic acids is 1. The second-order valence-electron chi connectivity index (χ2n) is 4.62. The highest BCUT2D eigenvalue weighted by molar-refractivity contribution is 6.31. The summed E-state index contributed by atoms with van der Waals surface area (Å²) in [5.41, 5.74) is 1.48. The van der Waals surface area contributed by atoms with E-state index in [9.17, 15) is 4.79 Å². The van der Waals surface area contributed by atoms with E-state index in [0.29, 0.717) is 16.5 Å². The predicted octanol–water partition coefficient (Wildman–Crippen LogP) is 4.11. The lowest BCUT2D eigenvalue weighted by Crippen LogP contribution is -2.01. The van der Waals surface area contributed by atoms with Gasteiger partial charge in [-0.15, -0.1) is 0 Å². The first-order valence-corrected chi connectivity index (χ1v) is 7.32. The van der Waals surface area contributed by atoms with Crippen LogP contribution in [0.3, 0.4) is 0 Å². The SMILES string of the molecule is COc1cccc(/C=C/C(=O)OCc2ccccc2Cl)c1OC. The summed E-state index contributed by atoms with van der Waals surface area (Å²) in [6.07, 6.45) is 2.96. The van der Waals surface area contributed by atoms with Crippen molar-refractivity contribution in [3.8, 4) is 11.5 Å². The minimum Gasteiger partial charge on any atom is -0.493 e. The van der Waals surface area contributed by atoms with E-state index in [1.54, 1.807) is 32.4 Å². The van der Waals surface area contributed by atoms with Crippen LogP contribution in [0.25, 0.3) is 6.08 Å². The number of methoxy groups -OCH3 is 2. The van der Waals surface area contributed by atoms with Crippen LogP contribution >= 0.6 is 11.6 Å². The molecule has 0 spiro atoms. The van der Waals surface area contributed by atoms with Crippen molar-refractivity contribution >= 4 is 23.6 Å². The Morgan fingerprint density at radius 2 is 1.87 bits per heavy atom. The molecule has 0 saturated heterocycles. The van der Waals surface area contributed by atoms with Crippen molar-refractivity contribution in [2.45, 2.75) is 6.61 Å². The molecule has 2 rings (SSSR count). The van der Waals surface area contributed by atoms with Crippen molar-refractivity contribution < 1.29 is 19.0 Å². The number of hydrogen-bond acceptors (Lipinski definition) is 4. The van der Waals surface area contributed by atoms with Crippen molar-refractivity contribution in [3.05, 3.63) is 64.7 Å². The zero-order valence-electron chi connectivity index (χ0n) is 12.9. The van der Waals surface area contributed by atoms with Crippen LogP contribution in [0.2, 0.25) is 5.02 Å². The number of para-hydroxylation sites is 1. The molecule has 2 aromatic carbocycles. The summed E-state index contributed by atoms with van der Waals surface area (Å²) in [6.45, 7) is 0.123. The van der Waals surface area contributed by atoms with E-state index >= 15 is 0 Å². The summed E-state index contributed by atoms with van der Waals surface area (Å²) in [5, 5.41) is 0.568. The Labute approximate surface area is 140 Å². The predicted molar refractivity (Wildman–Crippen MR) is 89.8 cm³/mol. The molecule has 0 aliphatic rings. The summed E-state index contributed by atoms with van der Waals surface area (Å²) in [7, 11) is 3.11. The molecule has 2 aromatic rings. The first kappa shape index (κ1) is 16.9. The molecule has 0 saturated carbocycles. The molecule has 0 aliphatic heterocycles. The van der Waals surface area contributed by atoms with E-state index in [1.807, 2.05) is 30.3 Å². The monoisotopic (exact) mass is 332 g/mol.